The summed E-state index contributed by atoms with van der Waals surface area (Å²) in [6.07, 6.45) is 6.47. The SMILES string of the molecule is CC(C)(C)OC(=O)NCCCN(C(=O)CSCCCCCC(=O)NCCN1C(=O)C=CC1=O)[C@@H](c1nc(-c2cc(F)ccc2F)cn1Cc1ccccc1)C(C)(C)C. The molecule has 0 fully saturated rings. The van der Waals surface area contributed by atoms with Gasteiger partial charge in [-0.15, -0.1) is 0 Å². The van der Waals surface area contributed by atoms with Gasteiger partial charge in [0.15, 0.2) is 0 Å². The van der Waals surface area contributed by atoms with Gasteiger partial charge in [0.25, 0.3) is 11.8 Å². The van der Waals surface area contributed by atoms with Gasteiger partial charge in [-0.2, -0.15) is 11.8 Å². The van der Waals surface area contributed by atoms with Crippen LogP contribution in [0.3, 0.4) is 0 Å². The smallest absolute Gasteiger partial charge is 0.407 e. The lowest BCUT2D eigenvalue weighted by Gasteiger charge is -2.40. The van der Waals surface area contributed by atoms with Crippen LogP contribution >= 0.6 is 11.8 Å². The van der Waals surface area contributed by atoms with Crippen LogP contribution in [0.4, 0.5) is 13.6 Å². The Morgan fingerprint density at radius 3 is 2.28 bits per heavy atom. The molecule has 1 aliphatic rings. The highest BCUT2D eigenvalue weighted by Crippen LogP contribution is 2.40. The second-order valence-corrected chi connectivity index (χ2v) is 17.3. The Bertz CT molecular complexity index is 1910. The first-order valence-electron chi connectivity index (χ1n) is 19.6. The van der Waals surface area contributed by atoms with E-state index in [1.54, 1.807) is 31.9 Å². The van der Waals surface area contributed by atoms with Crippen LogP contribution in [0.5, 0.6) is 0 Å². The van der Waals surface area contributed by atoms with Gasteiger partial charge in [-0.05, 0) is 75.0 Å². The predicted octanol–water partition coefficient (Wildman–Crippen LogP) is 7.04. The van der Waals surface area contributed by atoms with Crippen LogP contribution in [0.1, 0.15) is 91.1 Å². The fourth-order valence-electron chi connectivity index (χ4n) is 6.48. The summed E-state index contributed by atoms with van der Waals surface area (Å²) in [4.78, 5) is 70.2. The molecule has 1 aliphatic heterocycles. The van der Waals surface area contributed by atoms with Crippen LogP contribution in [0.25, 0.3) is 11.3 Å². The Morgan fingerprint density at radius 1 is 0.897 bits per heavy atom. The maximum Gasteiger partial charge on any atom is 0.407 e. The molecule has 0 saturated carbocycles. The van der Waals surface area contributed by atoms with Gasteiger partial charge >= 0.3 is 6.09 Å². The lowest BCUT2D eigenvalue weighted by atomic mass is 9.84. The Morgan fingerprint density at radius 2 is 1.60 bits per heavy atom. The van der Waals surface area contributed by atoms with Crippen molar-refractivity contribution in [1.29, 1.82) is 0 Å². The number of benzene rings is 2. The molecule has 5 amide bonds. The number of nitrogens with one attached hydrogen (secondary N) is 2. The minimum absolute atomic E-state index is 0.0146. The standard InChI is InChI=1S/C43H56F2N6O6S/c1-42(2,3)39(40-48-34(32-26-31(44)17-18-33(32)45)28-49(40)27-30-14-9-7-10-15-30)51(23-13-21-47-41(56)57-43(4,5)6)38(55)29-58-25-12-8-11-16-35(52)46-22-24-50-36(53)19-20-37(50)54/h7,9-10,14-15,17-20,26,28,39H,8,11-13,16,21-25,27,29H2,1-6H3,(H,46,52)(H,47,56)/t39-/m0/s1. The van der Waals surface area contributed by atoms with E-state index in [4.69, 9.17) is 9.72 Å². The number of hydrogen-bond donors (Lipinski definition) is 2. The van der Waals surface area contributed by atoms with Crippen molar-refractivity contribution in [1.82, 2.24) is 30.0 Å². The van der Waals surface area contributed by atoms with Gasteiger partial charge in [-0.25, -0.2) is 18.6 Å². The number of aromatic nitrogens is 2. The monoisotopic (exact) mass is 822 g/mol. The summed E-state index contributed by atoms with van der Waals surface area (Å²) in [5.41, 5.74) is -0.0274. The number of ether oxygens (including phenoxy) is 1. The Hall–Kier alpha value is -5.05. The average Bonchev–Trinajstić information content (AvgIpc) is 3.69. The quantitative estimate of drug-likeness (QED) is 0.0913. The number of rotatable bonds is 20. The third-order valence-electron chi connectivity index (χ3n) is 9.12. The molecule has 1 atom stereocenters. The second kappa shape index (κ2) is 21.1. The topological polar surface area (TPSA) is 143 Å². The number of carbonyl (C=O) groups excluding carboxylic acids is 5. The number of carbonyl (C=O) groups is 5. The van der Waals surface area contributed by atoms with Gasteiger partial charge in [0.1, 0.15) is 23.1 Å². The van der Waals surface area contributed by atoms with Gasteiger partial charge in [-0.3, -0.25) is 24.1 Å². The van der Waals surface area contributed by atoms with E-state index in [1.807, 2.05) is 55.7 Å². The zero-order valence-corrected chi connectivity index (χ0v) is 35.1. The van der Waals surface area contributed by atoms with Gasteiger partial charge < -0.3 is 24.8 Å². The van der Waals surface area contributed by atoms with Crippen molar-refractivity contribution in [3.63, 3.8) is 0 Å². The van der Waals surface area contributed by atoms with E-state index in [0.717, 1.165) is 41.5 Å². The maximum atomic E-state index is 15.2. The lowest BCUT2D eigenvalue weighted by Crippen LogP contribution is -2.44. The van der Waals surface area contributed by atoms with Crippen LogP contribution in [0, 0.1) is 17.0 Å². The summed E-state index contributed by atoms with van der Waals surface area (Å²) in [5, 5.41) is 5.52. The summed E-state index contributed by atoms with van der Waals surface area (Å²) < 4.78 is 36.9. The Kier molecular flexibility index (Phi) is 16.6. The van der Waals surface area contributed by atoms with Crippen LogP contribution in [-0.4, -0.2) is 92.4 Å². The second-order valence-electron chi connectivity index (χ2n) is 16.2. The molecule has 0 aliphatic carbocycles. The number of unbranched alkanes of at least 4 members (excludes halogenated alkanes) is 2. The first-order valence-corrected chi connectivity index (χ1v) is 20.8. The molecular formula is C43H56F2N6O6S. The van der Waals surface area contributed by atoms with E-state index in [-0.39, 0.29) is 66.8 Å². The molecule has 0 spiro atoms. The third-order valence-corrected chi connectivity index (χ3v) is 10.2. The molecule has 12 nitrogen and oxygen atoms in total. The van der Waals surface area contributed by atoms with Crippen molar-refractivity contribution in [3.05, 3.63) is 89.9 Å². The Balaban J connectivity index is 1.47. The largest absolute Gasteiger partial charge is 0.444 e. The molecule has 2 aromatic carbocycles. The normalized spacial score (nSPS) is 13.5. The average molecular weight is 823 g/mol. The number of imide groups is 1. The minimum atomic E-state index is -0.668. The highest BCUT2D eigenvalue weighted by atomic mass is 32.2. The number of nitrogens with zero attached hydrogens (tertiary/aromatic N) is 4. The molecular weight excluding hydrogens is 767 g/mol. The molecule has 0 bridgehead atoms. The maximum absolute atomic E-state index is 15.2. The predicted molar refractivity (Wildman–Crippen MR) is 221 cm³/mol. The van der Waals surface area contributed by atoms with Crippen molar-refractivity contribution < 1.29 is 37.5 Å². The number of hydrogen-bond acceptors (Lipinski definition) is 8. The number of thioether (sulfide) groups is 1. The molecule has 0 radical (unpaired) electrons. The number of amides is 5. The minimum Gasteiger partial charge on any atom is -0.444 e. The molecule has 2 heterocycles. The zero-order chi connectivity index (χ0) is 42.5. The van der Waals surface area contributed by atoms with E-state index < -0.39 is 34.8 Å². The Labute approximate surface area is 344 Å². The summed E-state index contributed by atoms with van der Waals surface area (Å²) in [6, 6.07) is 12.3. The van der Waals surface area contributed by atoms with Crippen molar-refractivity contribution in [2.75, 3.05) is 37.7 Å². The van der Waals surface area contributed by atoms with E-state index in [2.05, 4.69) is 10.6 Å². The lowest BCUT2D eigenvalue weighted by molar-refractivity contribution is -0.137. The van der Waals surface area contributed by atoms with Gasteiger partial charge in [0.2, 0.25) is 11.8 Å². The number of imidazole rings is 1. The van der Waals surface area contributed by atoms with E-state index in [0.29, 0.717) is 37.4 Å². The number of halogens is 2. The summed E-state index contributed by atoms with van der Waals surface area (Å²) in [5.74, 6) is -0.920. The summed E-state index contributed by atoms with van der Waals surface area (Å²) in [7, 11) is 0. The van der Waals surface area contributed by atoms with Gasteiger partial charge in [0, 0.05) is 63.1 Å². The van der Waals surface area contributed by atoms with Gasteiger partial charge in [0.05, 0.1) is 17.5 Å². The molecule has 1 aromatic heterocycles. The summed E-state index contributed by atoms with van der Waals surface area (Å²) >= 11 is 1.49. The molecule has 314 valence electrons. The molecule has 0 unspecified atom stereocenters. The van der Waals surface area contributed by atoms with Crippen molar-refractivity contribution in [3.8, 4) is 11.3 Å². The first kappa shape index (κ1) is 45.6. The van der Waals surface area contributed by atoms with E-state index >= 15 is 4.39 Å². The van der Waals surface area contributed by atoms with Crippen LogP contribution in [0.15, 0.2) is 66.9 Å². The fourth-order valence-corrected chi connectivity index (χ4v) is 7.37. The van der Waals surface area contributed by atoms with Crippen LogP contribution in [0.2, 0.25) is 0 Å². The van der Waals surface area contributed by atoms with Crippen molar-refractivity contribution in [2.45, 2.75) is 91.8 Å². The first-order chi connectivity index (χ1) is 27.4. The molecule has 3 aromatic rings. The zero-order valence-electron chi connectivity index (χ0n) is 34.3. The van der Waals surface area contributed by atoms with E-state index in [1.165, 1.54) is 23.9 Å². The van der Waals surface area contributed by atoms with Crippen molar-refractivity contribution >= 4 is 41.5 Å². The van der Waals surface area contributed by atoms with Crippen LogP contribution in [-0.2, 0) is 30.5 Å². The van der Waals surface area contributed by atoms with E-state index in [9.17, 15) is 28.4 Å². The highest BCUT2D eigenvalue weighted by molar-refractivity contribution is 7.99. The highest BCUT2D eigenvalue weighted by Gasteiger charge is 2.38. The molecule has 15 heteroatoms. The summed E-state index contributed by atoms with van der Waals surface area (Å²) in [6.45, 7) is 12.6. The molecule has 58 heavy (non-hydrogen) atoms. The molecule has 4 rings (SSSR count). The molecule has 2 N–H and O–H groups in total. The van der Waals surface area contributed by atoms with Crippen molar-refractivity contribution in [2.24, 2.45) is 5.41 Å². The van der Waals surface area contributed by atoms with Crippen LogP contribution < -0.4 is 10.6 Å². The number of alkyl carbamates (subject to hydrolysis) is 1. The van der Waals surface area contributed by atoms with Gasteiger partial charge in [-0.1, -0.05) is 57.5 Å². The fraction of sp³-hybridized carbons (Fsp3) is 0.488. The third kappa shape index (κ3) is 14.1. The molecule has 0 saturated heterocycles.